The van der Waals surface area contributed by atoms with Crippen molar-refractivity contribution in [2.45, 2.75) is 57.0 Å². The maximum Gasteiger partial charge on any atom is 0.317 e. The molecule has 0 spiro atoms. The van der Waals surface area contributed by atoms with Gasteiger partial charge in [-0.2, -0.15) is 0 Å². The molecule has 0 amide bonds. The highest BCUT2D eigenvalue weighted by atomic mass is 16.4. The first kappa shape index (κ1) is 17.4. The van der Waals surface area contributed by atoms with Crippen LogP contribution in [0.15, 0.2) is 30.3 Å². The summed E-state index contributed by atoms with van der Waals surface area (Å²) in [7, 11) is 0. The smallest absolute Gasteiger partial charge is 0.317 e. The SMILES string of the molecule is CCC(CNC1CC(N(CC(=O)O)CC2CC2)C1)c1ccccc1. The van der Waals surface area contributed by atoms with E-state index in [1.165, 1.54) is 18.4 Å². The molecule has 2 saturated carbocycles. The van der Waals surface area contributed by atoms with Crippen molar-refractivity contribution in [3.8, 4) is 0 Å². The van der Waals surface area contributed by atoms with Crippen molar-refractivity contribution >= 4 is 5.97 Å². The highest BCUT2D eigenvalue weighted by Gasteiger charge is 2.37. The molecule has 1 atom stereocenters. The number of aliphatic carboxylic acids is 1. The van der Waals surface area contributed by atoms with Crippen molar-refractivity contribution in [1.82, 2.24) is 10.2 Å². The third kappa shape index (κ3) is 4.81. The van der Waals surface area contributed by atoms with E-state index in [1.807, 2.05) is 0 Å². The van der Waals surface area contributed by atoms with Gasteiger partial charge in [-0.3, -0.25) is 9.69 Å². The molecule has 2 aliphatic rings. The molecule has 0 aliphatic heterocycles. The topological polar surface area (TPSA) is 52.6 Å². The van der Waals surface area contributed by atoms with E-state index in [-0.39, 0.29) is 6.54 Å². The normalized spacial score (nSPS) is 24.6. The van der Waals surface area contributed by atoms with E-state index in [2.05, 4.69) is 47.5 Å². The molecule has 0 heterocycles. The minimum Gasteiger partial charge on any atom is -0.480 e. The Bertz CT molecular complexity index is 524. The zero-order chi connectivity index (χ0) is 16.9. The zero-order valence-corrected chi connectivity index (χ0v) is 14.7. The molecule has 4 heteroatoms. The van der Waals surface area contributed by atoms with Crippen LogP contribution in [-0.4, -0.2) is 47.7 Å². The van der Waals surface area contributed by atoms with Crippen molar-refractivity contribution in [2.24, 2.45) is 5.92 Å². The van der Waals surface area contributed by atoms with Gasteiger partial charge in [0.05, 0.1) is 6.54 Å². The Labute approximate surface area is 145 Å². The van der Waals surface area contributed by atoms with Crippen LogP contribution in [-0.2, 0) is 4.79 Å². The summed E-state index contributed by atoms with van der Waals surface area (Å²) < 4.78 is 0. The van der Waals surface area contributed by atoms with E-state index in [0.717, 1.165) is 38.3 Å². The number of carboxylic acids is 1. The first-order valence-electron chi connectivity index (χ1n) is 9.39. The molecule has 1 aromatic carbocycles. The molecule has 132 valence electrons. The fourth-order valence-electron chi connectivity index (χ4n) is 3.73. The number of nitrogens with zero attached hydrogens (tertiary/aromatic N) is 1. The number of benzene rings is 1. The number of nitrogens with one attached hydrogen (secondary N) is 1. The predicted molar refractivity (Wildman–Crippen MR) is 96.2 cm³/mol. The van der Waals surface area contributed by atoms with Crippen LogP contribution in [0.5, 0.6) is 0 Å². The van der Waals surface area contributed by atoms with Gasteiger partial charge in [-0.25, -0.2) is 0 Å². The van der Waals surface area contributed by atoms with Gasteiger partial charge in [0.25, 0.3) is 0 Å². The number of hydrogen-bond donors (Lipinski definition) is 2. The second-order valence-corrected chi connectivity index (χ2v) is 7.51. The van der Waals surface area contributed by atoms with Crippen molar-refractivity contribution < 1.29 is 9.90 Å². The number of carboxylic acid groups (broad SMARTS) is 1. The largest absolute Gasteiger partial charge is 0.480 e. The third-order valence-electron chi connectivity index (χ3n) is 5.57. The van der Waals surface area contributed by atoms with Gasteiger partial charge < -0.3 is 10.4 Å². The van der Waals surface area contributed by atoms with Crippen LogP contribution in [0.25, 0.3) is 0 Å². The van der Waals surface area contributed by atoms with Crippen LogP contribution in [0.4, 0.5) is 0 Å². The Kier molecular flexibility index (Phi) is 5.90. The summed E-state index contributed by atoms with van der Waals surface area (Å²) in [5.41, 5.74) is 1.41. The van der Waals surface area contributed by atoms with E-state index in [4.69, 9.17) is 5.11 Å². The Hall–Kier alpha value is -1.39. The molecule has 1 aromatic rings. The standard InChI is InChI=1S/C20H30N2O2/c1-2-16(17-6-4-3-5-7-17)12-21-18-10-19(11-18)22(14-20(23)24)13-15-8-9-15/h3-7,15-16,18-19,21H,2,8-14H2,1H3,(H,23,24). The van der Waals surface area contributed by atoms with E-state index >= 15 is 0 Å². The van der Waals surface area contributed by atoms with Crippen LogP contribution in [0.2, 0.25) is 0 Å². The molecular formula is C20H30N2O2. The highest BCUT2D eigenvalue weighted by Crippen LogP contribution is 2.34. The Morgan fingerprint density at radius 3 is 2.58 bits per heavy atom. The number of rotatable bonds is 10. The van der Waals surface area contributed by atoms with Crippen LogP contribution in [0.3, 0.4) is 0 Å². The average molecular weight is 330 g/mol. The molecule has 0 bridgehead atoms. The van der Waals surface area contributed by atoms with Gasteiger partial charge in [0, 0.05) is 25.2 Å². The molecule has 0 radical (unpaired) electrons. The monoisotopic (exact) mass is 330 g/mol. The summed E-state index contributed by atoms with van der Waals surface area (Å²) in [5.74, 6) is 0.618. The second-order valence-electron chi connectivity index (χ2n) is 7.51. The Morgan fingerprint density at radius 1 is 1.29 bits per heavy atom. The summed E-state index contributed by atoms with van der Waals surface area (Å²) in [6, 6.07) is 11.7. The fraction of sp³-hybridized carbons (Fsp3) is 0.650. The van der Waals surface area contributed by atoms with Crippen molar-refractivity contribution in [2.75, 3.05) is 19.6 Å². The van der Waals surface area contributed by atoms with Crippen molar-refractivity contribution in [3.05, 3.63) is 35.9 Å². The summed E-state index contributed by atoms with van der Waals surface area (Å²) >= 11 is 0. The van der Waals surface area contributed by atoms with E-state index in [9.17, 15) is 4.79 Å². The van der Waals surface area contributed by atoms with Gasteiger partial charge >= 0.3 is 5.97 Å². The lowest BCUT2D eigenvalue weighted by Gasteiger charge is -2.43. The molecule has 3 rings (SSSR count). The van der Waals surface area contributed by atoms with Gasteiger partial charge in [-0.1, -0.05) is 37.3 Å². The van der Waals surface area contributed by atoms with Crippen molar-refractivity contribution in [3.63, 3.8) is 0 Å². The lowest BCUT2D eigenvalue weighted by molar-refractivity contribution is -0.139. The van der Waals surface area contributed by atoms with Crippen LogP contribution in [0, 0.1) is 5.92 Å². The van der Waals surface area contributed by atoms with Gasteiger partial charge in [0.1, 0.15) is 0 Å². The van der Waals surface area contributed by atoms with Gasteiger partial charge in [0.15, 0.2) is 0 Å². The molecule has 0 saturated heterocycles. The second kappa shape index (κ2) is 8.13. The van der Waals surface area contributed by atoms with Gasteiger partial charge in [-0.05, 0) is 49.5 Å². The maximum atomic E-state index is 11.1. The van der Waals surface area contributed by atoms with Crippen LogP contribution in [0.1, 0.15) is 50.5 Å². The molecule has 2 N–H and O–H groups in total. The summed E-state index contributed by atoms with van der Waals surface area (Å²) in [6.45, 7) is 4.44. The first-order chi connectivity index (χ1) is 11.7. The van der Waals surface area contributed by atoms with Gasteiger partial charge in [-0.15, -0.1) is 0 Å². The summed E-state index contributed by atoms with van der Waals surface area (Å²) in [4.78, 5) is 13.3. The minimum absolute atomic E-state index is 0.204. The predicted octanol–water partition coefficient (Wildman–Crippen LogP) is 3.10. The molecule has 0 aromatic heterocycles. The van der Waals surface area contributed by atoms with Crippen LogP contribution < -0.4 is 5.32 Å². The average Bonchev–Trinajstić information content (AvgIpc) is 3.33. The van der Waals surface area contributed by atoms with Crippen molar-refractivity contribution in [1.29, 1.82) is 0 Å². The molecule has 2 fully saturated rings. The minimum atomic E-state index is -0.692. The van der Waals surface area contributed by atoms with Crippen LogP contribution >= 0.6 is 0 Å². The Morgan fingerprint density at radius 2 is 2.00 bits per heavy atom. The molecule has 4 nitrogen and oxygen atoms in total. The van der Waals surface area contributed by atoms with E-state index in [0.29, 0.717) is 18.0 Å². The third-order valence-corrected chi connectivity index (χ3v) is 5.57. The van der Waals surface area contributed by atoms with Gasteiger partial charge in [0.2, 0.25) is 0 Å². The molecule has 2 aliphatic carbocycles. The van der Waals surface area contributed by atoms with E-state index in [1.54, 1.807) is 0 Å². The molecular weight excluding hydrogens is 300 g/mol. The molecule has 24 heavy (non-hydrogen) atoms. The fourth-order valence-corrected chi connectivity index (χ4v) is 3.73. The lowest BCUT2D eigenvalue weighted by atomic mass is 9.84. The maximum absolute atomic E-state index is 11.1. The summed E-state index contributed by atoms with van der Waals surface area (Å²) in [5, 5.41) is 12.8. The Balaban J connectivity index is 1.42. The quantitative estimate of drug-likeness (QED) is 0.692. The first-order valence-corrected chi connectivity index (χ1v) is 9.39. The van der Waals surface area contributed by atoms with E-state index < -0.39 is 5.97 Å². The number of hydrogen-bond acceptors (Lipinski definition) is 3. The molecule has 1 unspecified atom stereocenters. The number of carbonyl (C=O) groups is 1. The lowest BCUT2D eigenvalue weighted by Crippen LogP contribution is -2.54. The summed E-state index contributed by atoms with van der Waals surface area (Å²) in [6.07, 6.45) is 5.87. The highest BCUT2D eigenvalue weighted by molar-refractivity contribution is 5.69. The zero-order valence-electron chi connectivity index (χ0n) is 14.7.